The first kappa shape index (κ1) is 23.4. The van der Waals surface area contributed by atoms with Crippen LogP contribution in [0.15, 0.2) is 48.5 Å². The third-order valence-corrected chi connectivity index (χ3v) is 7.57. The van der Waals surface area contributed by atoms with Crippen LogP contribution in [0.25, 0.3) is 11.0 Å². The smallest absolute Gasteiger partial charge is 0.291 e. The van der Waals surface area contributed by atoms with Crippen LogP contribution in [0.5, 0.6) is 5.75 Å². The molecule has 184 valence electrons. The summed E-state index contributed by atoms with van der Waals surface area (Å²) in [5.74, 6) is 1.55. The monoisotopic (exact) mass is 474 g/mol. The van der Waals surface area contributed by atoms with Crippen molar-refractivity contribution in [3.8, 4) is 5.75 Å². The van der Waals surface area contributed by atoms with Gasteiger partial charge in [0, 0.05) is 12.6 Å². The molecule has 0 saturated heterocycles. The summed E-state index contributed by atoms with van der Waals surface area (Å²) in [6, 6.07) is 15.6. The van der Waals surface area contributed by atoms with Crippen molar-refractivity contribution in [3.63, 3.8) is 0 Å². The summed E-state index contributed by atoms with van der Waals surface area (Å²) in [5, 5.41) is 3.30. The maximum Gasteiger partial charge on any atom is 0.291 e. The Balaban J connectivity index is 1.49. The van der Waals surface area contributed by atoms with Gasteiger partial charge in [0.2, 0.25) is 5.91 Å². The standard InChI is InChI=1S/C28H34N4O3/c1-4-35-22-15-11-20(12-16-22)17-32-26(33)25-30-23-7-5-6-8-24(23)31(25)18-28(32,3)27(34)29-21-13-9-19(2)10-14-21/h5-8,11-12,15-16,19,21H,4,9-10,13-14,17-18H2,1-3H3,(H,29,34)/t19?,21?,28-/m0/s1. The molecule has 0 spiro atoms. The van der Waals surface area contributed by atoms with Crippen molar-refractivity contribution in [2.45, 2.75) is 71.1 Å². The van der Waals surface area contributed by atoms with Crippen LogP contribution in [0, 0.1) is 5.92 Å². The third-order valence-electron chi connectivity index (χ3n) is 7.57. The van der Waals surface area contributed by atoms with Gasteiger partial charge >= 0.3 is 0 Å². The predicted molar refractivity (Wildman–Crippen MR) is 135 cm³/mol. The number of hydrogen-bond donors (Lipinski definition) is 1. The maximum absolute atomic E-state index is 13.9. The van der Waals surface area contributed by atoms with Gasteiger partial charge < -0.3 is 19.5 Å². The summed E-state index contributed by atoms with van der Waals surface area (Å²) in [6.45, 7) is 7.38. The largest absolute Gasteiger partial charge is 0.494 e. The minimum absolute atomic E-state index is 0.0974. The van der Waals surface area contributed by atoms with Gasteiger partial charge in [-0.25, -0.2) is 4.98 Å². The summed E-state index contributed by atoms with van der Waals surface area (Å²) >= 11 is 0. The molecular formula is C28H34N4O3. The quantitative estimate of drug-likeness (QED) is 0.569. The molecule has 1 aromatic heterocycles. The van der Waals surface area contributed by atoms with Crippen LogP contribution < -0.4 is 10.1 Å². The van der Waals surface area contributed by atoms with Gasteiger partial charge in [0.15, 0.2) is 5.82 Å². The van der Waals surface area contributed by atoms with E-state index in [9.17, 15) is 9.59 Å². The Morgan fingerprint density at radius 1 is 1.11 bits per heavy atom. The molecule has 1 fully saturated rings. The van der Waals surface area contributed by atoms with Gasteiger partial charge in [-0.05, 0) is 75.3 Å². The molecule has 35 heavy (non-hydrogen) atoms. The van der Waals surface area contributed by atoms with E-state index in [1.54, 1.807) is 4.90 Å². The fraction of sp³-hybridized carbons (Fsp3) is 0.464. The van der Waals surface area contributed by atoms with E-state index >= 15 is 0 Å². The Morgan fingerprint density at radius 2 is 1.83 bits per heavy atom. The van der Waals surface area contributed by atoms with E-state index in [1.807, 2.05) is 66.9 Å². The number of fused-ring (bicyclic) bond motifs is 3. The van der Waals surface area contributed by atoms with Crippen molar-refractivity contribution in [2.75, 3.05) is 6.61 Å². The lowest BCUT2D eigenvalue weighted by Gasteiger charge is -2.44. The molecule has 1 aliphatic heterocycles. The fourth-order valence-corrected chi connectivity index (χ4v) is 5.36. The summed E-state index contributed by atoms with van der Waals surface area (Å²) in [4.78, 5) is 34.1. The number of hydrogen-bond acceptors (Lipinski definition) is 4. The number of carbonyl (C=O) groups is 2. The predicted octanol–water partition coefficient (Wildman–Crippen LogP) is 4.54. The van der Waals surface area contributed by atoms with Gasteiger partial charge in [-0.2, -0.15) is 0 Å². The van der Waals surface area contributed by atoms with Gasteiger partial charge in [0.1, 0.15) is 11.3 Å². The highest BCUT2D eigenvalue weighted by Gasteiger charge is 2.48. The number of ether oxygens (including phenoxy) is 1. The minimum atomic E-state index is -1.05. The molecule has 0 unspecified atom stereocenters. The Hall–Kier alpha value is -3.35. The highest BCUT2D eigenvalue weighted by molar-refractivity contribution is 6.01. The molecule has 2 aliphatic rings. The average molecular weight is 475 g/mol. The molecule has 2 heterocycles. The zero-order valence-electron chi connectivity index (χ0n) is 20.8. The molecule has 1 atom stereocenters. The lowest BCUT2D eigenvalue weighted by Crippen LogP contribution is -2.64. The van der Waals surface area contributed by atoms with Crippen LogP contribution in [0.3, 0.4) is 0 Å². The molecule has 5 rings (SSSR count). The lowest BCUT2D eigenvalue weighted by molar-refractivity contribution is -0.134. The summed E-state index contributed by atoms with van der Waals surface area (Å²) in [7, 11) is 0. The summed E-state index contributed by atoms with van der Waals surface area (Å²) in [6.07, 6.45) is 4.20. The molecule has 1 saturated carbocycles. The second-order valence-electron chi connectivity index (χ2n) is 10.2. The zero-order valence-corrected chi connectivity index (χ0v) is 20.8. The Bertz CT molecular complexity index is 1230. The van der Waals surface area contributed by atoms with E-state index in [0.717, 1.165) is 48.0 Å². The normalized spacial score (nSPS) is 24.3. The molecule has 1 aliphatic carbocycles. The van der Waals surface area contributed by atoms with Gasteiger partial charge in [0.05, 0.1) is 24.2 Å². The van der Waals surface area contributed by atoms with E-state index in [0.29, 0.717) is 31.4 Å². The van der Waals surface area contributed by atoms with Gasteiger partial charge in [-0.15, -0.1) is 0 Å². The van der Waals surface area contributed by atoms with E-state index in [-0.39, 0.29) is 17.9 Å². The average Bonchev–Trinajstić information content (AvgIpc) is 3.23. The van der Waals surface area contributed by atoms with Gasteiger partial charge in [0.25, 0.3) is 5.91 Å². The van der Waals surface area contributed by atoms with Crippen molar-refractivity contribution in [3.05, 3.63) is 59.9 Å². The number of nitrogens with zero attached hydrogens (tertiary/aromatic N) is 3. The summed E-state index contributed by atoms with van der Waals surface area (Å²) < 4.78 is 7.48. The number of para-hydroxylation sites is 2. The van der Waals surface area contributed by atoms with E-state index in [1.165, 1.54) is 0 Å². The van der Waals surface area contributed by atoms with E-state index < -0.39 is 5.54 Å². The van der Waals surface area contributed by atoms with Crippen LogP contribution >= 0.6 is 0 Å². The van der Waals surface area contributed by atoms with Crippen molar-refractivity contribution in [2.24, 2.45) is 5.92 Å². The topological polar surface area (TPSA) is 76.5 Å². The number of amides is 2. The first-order chi connectivity index (χ1) is 16.9. The minimum Gasteiger partial charge on any atom is -0.494 e. The van der Waals surface area contributed by atoms with Crippen LogP contribution in [0.2, 0.25) is 0 Å². The lowest BCUT2D eigenvalue weighted by atomic mass is 9.86. The number of aromatic nitrogens is 2. The number of imidazole rings is 1. The van der Waals surface area contributed by atoms with Crippen LogP contribution in [0.1, 0.15) is 62.6 Å². The van der Waals surface area contributed by atoms with Crippen LogP contribution in [-0.2, 0) is 17.9 Å². The zero-order chi connectivity index (χ0) is 24.6. The fourth-order valence-electron chi connectivity index (χ4n) is 5.36. The van der Waals surface area contributed by atoms with Crippen molar-refractivity contribution in [1.29, 1.82) is 0 Å². The molecular weight excluding hydrogens is 440 g/mol. The van der Waals surface area contributed by atoms with Crippen molar-refractivity contribution in [1.82, 2.24) is 19.8 Å². The van der Waals surface area contributed by atoms with E-state index in [4.69, 9.17) is 4.74 Å². The Labute approximate surface area is 206 Å². The Morgan fingerprint density at radius 3 is 2.54 bits per heavy atom. The molecule has 2 aromatic carbocycles. The molecule has 2 amide bonds. The maximum atomic E-state index is 13.9. The highest BCUT2D eigenvalue weighted by atomic mass is 16.5. The second-order valence-corrected chi connectivity index (χ2v) is 10.2. The number of rotatable bonds is 6. The number of nitrogens with one attached hydrogen (secondary N) is 1. The molecule has 7 nitrogen and oxygen atoms in total. The first-order valence-electron chi connectivity index (χ1n) is 12.7. The molecule has 3 aromatic rings. The van der Waals surface area contributed by atoms with Gasteiger partial charge in [-0.1, -0.05) is 31.2 Å². The first-order valence-corrected chi connectivity index (χ1v) is 12.7. The molecule has 0 radical (unpaired) electrons. The number of benzene rings is 2. The second kappa shape index (κ2) is 9.36. The van der Waals surface area contributed by atoms with Gasteiger partial charge in [-0.3, -0.25) is 9.59 Å². The van der Waals surface area contributed by atoms with E-state index in [2.05, 4.69) is 17.2 Å². The summed E-state index contributed by atoms with van der Waals surface area (Å²) in [5.41, 5.74) is 1.54. The molecule has 0 bridgehead atoms. The molecule has 1 N–H and O–H groups in total. The van der Waals surface area contributed by atoms with Crippen molar-refractivity contribution < 1.29 is 14.3 Å². The van der Waals surface area contributed by atoms with Crippen molar-refractivity contribution >= 4 is 22.8 Å². The number of carbonyl (C=O) groups excluding carboxylic acids is 2. The molecule has 7 heteroatoms. The van der Waals surface area contributed by atoms with Crippen LogP contribution in [-0.4, -0.2) is 44.5 Å². The highest BCUT2D eigenvalue weighted by Crippen LogP contribution is 2.33. The third kappa shape index (κ3) is 4.40. The SMILES string of the molecule is CCOc1ccc(CN2C(=O)c3nc4ccccc4n3C[C@@]2(C)C(=O)NC2CCC(C)CC2)cc1. The Kier molecular flexibility index (Phi) is 6.26. The van der Waals surface area contributed by atoms with Crippen LogP contribution in [0.4, 0.5) is 0 Å².